The monoisotopic (exact) mass is 324 g/mol. The molecule has 2 rings (SSSR count). The molecule has 0 radical (unpaired) electrons. The number of nitrogens with zero attached hydrogens (tertiary/aromatic N) is 1. The molecule has 1 aromatic carbocycles. The van der Waals surface area contributed by atoms with Gasteiger partial charge in [-0.2, -0.15) is 0 Å². The smallest absolute Gasteiger partial charge is 0.227 e. The van der Waals surface area contributed by atoms with Gasteiger partial charge in [0.15, 0.2) is 11.6 Å². The van der Waals surface area contributed by atoms with Crippen LogP contribution in [0.5, 0.6) is 0 Å². The molecule has 1 heterocycles. The van der Waals surface area contributed by atoms with E-state index in [1.165, 1.54) is 6.07 Å². The van der Waals surface area contributed by atoms with E-state index in [-0.39, 0.29) is 23.4 Å². The number of unbranched alkanes of at least 4 members (excludes halogenated alkanes) is 1. The summed E-state index contributed by atoms with van der Waals surface area (Å²) in [7, 11) is 0. The van der Waals surface area contributed by atoms with Crippen molar-refractivity contribution in [2.24, 2.45) is 5.92 Å². The van der Waals surface area contributed by atoms with Gasteiger partial charge in [-0.05, 0) is 31.4 Å². The van der Waals surface area contributed by atoms with Crippen LogP contribution in [0.25, 0.3) is 0 Å². The maximum Gasteiger partial charge on any atom is 0.227 e. The van der Waals surface area contributed by atoms with E-state index in [2.05, 4.69) is 5.32 Å². The van der Waals surface area contributed by atoms with Crippen LogP contribution in [-0.4, -0.2) is 29.8 Å². The van der Waals surface area contributed by atoms with Crippen LogP contribution in [0.2, 0.25) is 0 Å². The normalized spacial score (nSPS) is 15.5. The number of hydrogen-bond acceptors (Lipinski definition) is 2. The molecule has 126 valence electrons. The Morgan fingerprint density at radius 3 is 2.52 bits per heavy atom. The van der Waals surface area contributed by atoms with Crippen LogP contribution in [0, 0.1) is 17.6 Å². The molecular formula is C17H22F2N2O2. The van der Waals surface area contributed by atoms with Gasteiger partial charge in [0.05, 0.1) is 0 Å². The third kappa shape index (κ3) is 4.74. The van der Waals surface area contributed by atoms with Crippen molar-refractivity contribution < 1.29 is 18.4 Å². The Hall–Kier alpha value is -1.98. The Bertz CT molecular complexity index is 570. The molecule has 0 unspecified atom stereocenters. The molecule has 0 spiro atoms. The SMILES string of the molecule is CCCCC(=O)N1CCC(C(=O)Nc2ccc(F)c(F)c2)CC1. The minimum absolute atomic E-state index is 0.145. The maximum atomic E-state index is 13.1. The van der Waals surface area contributed by atoms with E-state index in [9.17, 15) is 18.4 Å². The van der Waals surface area contributed by atoms with E-state index in [1.807, 2.05) is 6.92 Å². The Morgan fingerprint density at radius 1 is 1.22 bits per heavy atom. The van der Waals surface area contributed by atoms with Gasteiger partial charge in [0.2, 0.25) is 11.8 Å². The average Bonchev–Trinajstić information content (AvgIpc) is 2.56. The number of nitrogens with one attached hydrogen (secondary N) is 1. The number of benzene rings is 1. The highest BCUT2D eigenvalue weighted by molar-refractivity contribution is 5.92. The summed E-state index contributed by atoms with van der Waals surface area (Å²) in [6.07, 6.45) is 3.61. The molecule has 0 bridgehead atoms. The number of likely N-dealkylation sites (tertiary alicyclic amines) is 1. The van der Waals surface area contributed by atoms with Crippen LogP contribution in [0.4, 0.5) is 14.5 Å². The lowest BCUT2D eigenvalue weighted by Crippen LogP contribution is -2.41. The summed E-state index contributed by atoms with van der Waals surface area (Å²) in [5.74, 6) is -2.21. The second-order valence-electron chi connectivity index (χ2n) is 5.88. The van der Waals surface area contributed by atoms with E-state index < -0.39 is 11.6 Å². The van der Waals surface area contributed by atoms with Crippen LogP contribution in [0.15, 0.2) is 18.2 Å². The van der Waals surface area contributed by atoms with Crippen molar-refractivity contribution in [3.8, 4) is 0 Å². The molecular weight excluding hydrogens is 302 g/mol. The first-order valence-corrected chi connectivity index (χ1v) is 8.05. The minimum Gasteiger partial charge on any atom is -0.343 e. The standard InChI is InChI=1S/C17H22F2N2O2/c1-2-3-4-16(22)21-9-7-12(8-10-21)17(23)20-13-5-6-14(18)15(19)11-13/h5-6,11-12H,2-4,7-10H2,1H3,(H,20,23). The van der Waals surface area contributed by atoms with Gasteiger partial charge in [-0.15, -0.1) is 0 Å². The summed E-state index contributed by atoms with van der Waals surface area (Å²) in [4.78, 5) is 25.9. The molecule has 1 aromatic rings. The van der Waals surface area contributed by atoms with E-state index in [4.69, 9.17) is 0 Å². The largest absolute Gasteiger partial charge is 0.343 e. The van der Waals surface area contributed by atoms with Gasteiger partial charge in [0, 0.05) is 37.2 Å². The summed E-state index contributed by atoms with van der Waals surface area (Å²) in [6.45, 7) is 3.18. The molecule has 2 amide bonds. The van der Waals surface area contributed by atoms with Gasteiger partial charge in [-0.25, -0.2) is 8.78 Å². The summed E-state index contributed by atoms with van der Waals surface area (Å²) < 4.78 is 26.0. The number of halogens is 2. The number of carbonyl (C=O) groups excluding carboxylic acids is 2. The van der Waals surface area contributed by atoms with Gasteiger partial charge >= 0.3 is 0 Å². The van der Waals surface area contributed by atoms with Crippen LogP contribution < -0.4 is 5.32 Å². The number of rotatable bonds is 5. The quantitative estimate of drug-likeness (QED) is 0.903. The minimum atomic E-state index is -0.987. The summed E-state index contributed by atoms with van der Waals surface area (Å²) >= 11 is 0. The molecule has 1 N–H and O–H groups in total. The summed E-state index contributed by atoms with van der Waals surface area (Å²) in [6, 6.07) is 3.29. The van der Waals surface area contributed by atoms with E-state index in [1.54, 1.807) is 4.90 Å². The first-order chi connectivity index (χ1) is 11.0. The highest BCUT2D eigenvalue weighted by atomic mass is 19.2. The Kier molecular flexibility index (Phi) is 6.07. The lowest BCUT2D eigenvalue weighted by Gasteiger charge is -2.31. The summed E-state index contributed by atoms with van der Waals surface area (Å²) in [5.41, 5.74) is 0.246. The van der Waals surface area contributed by atoms with Crippen molar-refractivity contribution in [2.75, 3.05) is 18.4 Å². The number of piperidine rings is 1. The van der Waals surface area contributed by atoms with Crippen molar-refractivity contribution in [2.45, 2.75) is 39.0 Å². The zero-order valence-corrected chi connectivity index (χ0v) is 13.3. The predicted molar refractivity (Wildman–Crippen MR) is 83.8 cm³/mol. The topological polar surface area (TPSA) is 49.4 Å². The van der Waals surface area contributed by atoms with Crippen LogP contribution in [-0.2, 0) is 9.59 Å². The Morgan fingerprint density at radius 2 is 1.91 bits per heavy atom. The molecule has 4 nitrogen and oxygen atoms in total. The fourth-order valence-corrected chi connectivity index (χ4v) is 2.70. The molecule has 0 aliphatic carbocycles. The molecule has 6 heteroatoms. The zero-order valence-electron chi connectivity index (χ0n) is 13.3. The van der Waals surface area contributed by atoms with Gasteiger partial charge < -0.3 is 10.2 Å². The number of hydrogen-bond donors (Lipinski definition) is 1. The van der Waals surface area contributed by atoms with Crippen molar-refractivity contribution in [1.29, 1.82) is 0 Å². The van der Waals surface area contributed by atoms with Gasteiger partial charge in [-0.1, -0.05) is 13.3 Å². The van der Waals surface area contributed by atoms with Crippen LogP contribution in [0.1, 0.15) is 39.0 Å². The fraction of sp³-hybridized carbons (Fsp3) is 0.529. The average molecular weight is 324 g/mol. The third-order valence-electron chi connectivity index (χ3n) is 4.15. The fourth-order valence-electron chi connectivity index (χ4n) is 2.70. The number of amides is 2. The molecule has 0 aromatic heterocycles. The van der Waals surface area contributed by atoms with Gasteiger partial charge in [0.1, 0.15) is 0 Å². The van der Waals surface area contributed by atoms with Gasteiger partial charge in [-0.3, -0.25) is 9.59 Å². The van der Waals surface area contributed by atoms with E-state index in [0.29, 0.717) is 32.4 Å². The lowest BCUT2D eigenvalue weighted by atomic mass is 9.95. The first kappa shape index (κ1) is 17.4. The summed E-state index contributed by atoms with van der Waals surface area (Å²) in [5, 5.41) is 2.61. The van der Waals surface area contributed by atoms with Crippen molar-refractivity contribution in [3.63, 3.8) is 0 Å². The Balaban J connectivity index is 1.83. The van der Waals surface area contributed by atoms with Crippen LogP contribution in [0.3, 0.4) is 0 Å². The molecule has 1 aliphatic heterocycles. The van der Waals surface area contributed by atoms with Crippen molar-refractivity contribution in [3.05, 3.63) is 29.8 Å². The highest BCUT2D eigenvalue weighted by Gasteiger charge is 2.27. The number of carbonyl (C=O) groups is 2. The molecule has 0 atom stereocenters. The van der Waals surface area contributed by atoms with Gasteiger partial charge in [0.25, 0.3) is 0 Å². The predicted octanol–water partition coefficient (Wildman–Crippen LogP) is 3.33. The first-order valence-electron chi connectivity index (χ1n) is 8.05. The van der Waals surface area contributed by atoms with E-state index >= 15 is 0 Å². The molecule has 1 fully saturated rings. The molecule has 0 saturated carbocycles. The Labute approximate surface area is 134 Å². The second-order valence-corrected chi connectivity index (χ2v) is 5.88. The van der Waals surface area contributed by atoms with Crippen molar-refractivity contribution >= 4 is 17.5 Å². The lowest BCUT2D eigenvalue weighted by molar-refractivity contribution is -0.134. The molecule has 1 aliphatic rings. The van der Waals surface area contributed by atoms with Crippen molar-refractivity contribution in [1.82, 2.24) is 4.90 Å². The maximum absolute atomic E-state index is 13.1. The number of anilines is 1. The zero-order chi connectivity index (χ0) is 16.8. The third-order valence-corrected chi connectivity index (χ3v) is 4.15. The van der Waals surface area contributed by atoms with E-state index in [0.717, 1.165) is 25.0 Å². The molecule has 1 saturated heterocycles. The highest BCUT2D eigenvalue weighted by Crippen LogP contribution is 2.21. The van der Waals surface area contributed by atoms with Crippen LogP contribution >= 0.6 is 0 Å². The molecule has 23 heavy (non-hydrogen) atoms. The second kappa shape index (κ2) is 8.04.